The molecule has 4 rings (SSSR count). The van der Waals surface area contributed by atoms with E-state index in [-0.39, 0.29) is 11.2 Å². The van der Waals surface area contributed by atoms with Gasteiger partial charge in [0, 0.05) is 17.1 Å². The van der Waals surface area contributed by atoms with Crippen molar-refractivity contribution in [1.82, 2.24) is 9.55 Å². The van der Waals surface area contributed by atoms with Crippen LogP contribution in [0.3, 0.4) is 0 Å². The van der Waals surface area contributed by atoms with Gasteiger partial charge in [-0.25, -0.2) is 4.98 Å². The van der Waals surface area contributed by atoms with Crippen molar-refractivity contribution in [3.8, 4) is 11.4 Å². The number of hydrogen-bond donors (Lipinski definition) is 0. The van der Waals surface area contributed by atoms with Gasteiger partial charge in [-0.2, -0.15) is 0 Å². The average molecular weight is 459 g/mol. The highest BCUT2D eigenvalue weighted by atomic mass is 32.2. The smallest absolute Gasteiger partial charge is 0.267 e. The lowest BCUT2D eigenvalue weighted by Gasteiger charge is -2.29. The Kier molecular flexibility index (Phi) is 6.74. The van der Waals surface area contributed by atoms with Crippen LogP contribution in [0.2, 0.25) is 0 Å². The van der Waals surface area contributed by atoms with E-state index >= 15 is 0 Å². The van der Waals surface area contributed by atoms with Crippen LogP contribution in [0.25, 0.3) is 15.9 Å². The van der Waals surface area contributed by atoms with Gasteiger partial charge in [-0.15, -0.1) is 11.3 Å². The van der Waals surface area contributed by atoms with Gasteiger partial charge in [0.1, 0.15) is 10.6 Å². The highest BCUT2D eigenvalue weighted by Crippen LogP contribution is 2.38. The summed E-state index contributed by atoms with van der Waals surface area (Å²) in [5, 5.41) is 1.51. The fourth-order valence-electron chi connectivity index (χ4n) is 3.92. The van der Waals surface area contributed by atoms with E-state index in [1.54, 1.807) is 34.8 Å². The van der Waals surface area contributed by atoms with Crippen LogP contribution in [-0.2, 0) is 17.8 Å². The summed E-state index contributed by atoms with van der Waals surface area (Å²) in [6.45, 7) is 6.92. The molecule has 0 unspecified atom stereocenters. The summed E-state index contributed by atoms with van der Waals surface area (Å²) in [5.74, 6) is 1.72. The second kappa shape index (κ2) is 9.35. The fraction of sp³-hybridized carbons (Fsp3) is 0.500. The molecule has 3 aromatic rings. The van der Waals surface area contributed by atoms with E-state index in [1.807, 2.05) is 24.3 Å². The molecule has 0 saturated carbocycles. The number of fused-ring (bicyclic) bond motifs is 3. The maximum absolute atomic E-state index is 13.8. The molecule has 0 atom stereocenters. The van der Waals surface area contributed by atoms with E-state index in [0.29, 0.717) is 6.61 Å². The van der Waals surface area contributed by atoms with Crippen molar-refractivity contribution in [1.29, 1.82) is 0 Å². The summed E-state index contributed by atoms with van der Waals surface area (Å²) >= 11 is 3.28. The van der Waals surface area contributed by atoms with Gasteiger partial charge >= 0.3 is 0 Å². The van der Waals surface area contributed by atoms with Crippen molar-refractivity contribution in [2.45, 2.75) is 70.2 Å². The van der Waals surface area contributed by atoms with Crippen molar-refractivity contribution < 1.29 is 9.47 Å². The number of benzene rings is 1. The molecule has 3 heterocycles. The zero-order valence-corrected chi connectivity index (χ0v) is 20.3. The number of hydrogen-bond acceptors (Lipinski definition) is 6. The standard InChI is InChI=1S/C24H30N2O3S2/c1-5-6-7-8-13-30-23-25-21-20(18-14-24(2,3)29-15-19(18)31-21)22(27)26(23)16-9-11-17(28-4)12-10-16/h9-12H,5-8,13-15H2,1-4H3. The van der Waals surface area contributed by atoms with Gasteiger partial charge in [-0.05, 0) is 50.1 Å². The van der Waals surface area contributed by atoms with Crippen LogP contribution >= 0.6 is 23.1 Å². The minimum Gasteiger partial charge on any atom is -0.497 e. The van der Waals surface area contributed by atoms with E-state index in [9.17, 15) is 4.79 Å². The first kappa shape index (κ1) is 22.4. The minimum atomic E-state index is -0.273. The maximum Gasteiger partial charge on any atom is 0.267 e. The lowest BCUT2D eigenvalue weighted by atomic mass is 9.94. The molecule has 0 spiro atoms. The minimum absolute atomic E-state index is 0.0152. The topological polar surface area (TPSA) is 53.4 Å². The molecule has 0 N–H and O–H groups in total. The van der Waals surface area contributed by atoms with Crippen LogP contribution in [-0.4, -0.2) is 28.0 Å². The summed E-state index contributed by atoms with van der Waals surface area (Å²) in [5.41, 5.74) is 1.67. The van der Waals surface area contributed by atoms with Crippen molar-refractivity contribution in [2.24, 2.45) is 0 Å². The Balaban J connectivity index is 1.81. The quantitative estimate of drug-likeness (QED) is 0.236. The summed E-state index contributed by atoms with van der Waals surface area (Å²) in [7, 11) is 1.65. The number of methoxy groups -OCH3 is 1. The monoisotopic (exact) mass is 458 g/mol. The van der Waals surface area contributed by atoms with E-state index < -0.39 is 0 Å². The van der Waals surface area contributed by atoms with Gasteiger partial charge < -0.3 is 9.47 Å². The number of thiophene rings is 1. The summed E-state index contributed by atoms with van der Waals surface area (Å²) < 4.78 is 13.1. The molecular formula is C24H30N2O3S2. The highest BCUT2D eigenvalue weighted by molar-refractivity contribution is 7.99. The Labute approximate surface area is 191 Å². The normalized spacial score (nSPS) is 15.2. The van der Waals surface area contributed by atoms with Gasteiger partial charge in [-0.1, -0.05) is 37.9 Å². The molecule has 166 valence electrons. The summed E-state index contributed by atoms with van der Waals surface area (Å²) in [6, 6.07) is 7.64. The molecule has 1 aliphatic heterocycles. The first-order valence-electron chi connectivity index (χ1n) is 10.9. The third-order valence-electron chi connectivity index (χ3n) is 5.63. The Hall–Kier alpha value is -1.83. The van der Waals surface area contributed by atoms with Crippen LogP contribution in [0, 0.1) is 0 Å². The largest absolute Gasteiger partial charge is 0.497 e. The maximum atomic E-state index is 13.8. The molecule has 0 aliphatic carbocycles. The number of rotatable bonds is 8. The van der Waals surface area contributed by atoms with Gasteiger partial charge in [0.15, 0.2) is 5.16 Å². The van der Waals surface area contributed by atoms with Crippen molar-refractivity contribution in [2.75, 3.05) is 12.9 Å². The van der Waals surface area contributed by atoms with Crippen molar-refractivity contribution in [3.05, 3.63) is 45.1 Å². The Morgan fingerprint density at radius 2 is 2.00 bits per heavy atom. The number of aromatic nitrogens is 2. The first-order chi connectivity index (χ1) is 14.9. The molecule has 0 fully saturated rings. The lowest BCUT2D eigenvalue weighted by molar-refractivity contribution is -0.0379. The van der Waals surface area contributed by atoms with E-state index in [0.717, 1.165) is 55.8 Å². The van der Waals surface area contributed by atoms with Crippen LogP contribution < -0.4 is 10.3 Å². The molecule has 2 aromatic heterocycles. The third-order valence-corrected chi connectivity index (χ3v) is 7.76. The molecule has 1 aromatic carbocycles. The molecule has 31 heavy (non-hydrogen) atoms. The Morgan fingerprint density at radius 3 is 2.71 bits per heavy atom. The molecule has 5 nitrogen and oxygen atoms in total. The molecule has 0 saturated heterocycles. The van der Waals surface area contributed by atoms with Crippen molar-refractivity contribution in [3.63, 3.8) is 0 Å². The number of ether oxygens (including phenoxy) is 2. The van der Waals surface area contributed by atoms with Crippen LogP contribution in [0.1, 0.15) is 56.9 Å². The predicted octanol–water partition coefficient (Wildman–Crippen LogP) is 5.98. The Bertz CT molecular complexity index is 1120. The van der Waals surface area contributed by atoms with Crippen molar-refractivity contribution >= 4 is 33.3 Å². The molecular weight excluding hydrogens is 428 g/mol. The lowest BCUT2D eigenvalue weighted by Crippen LogP contribution is -2.32. The van der Waals surface area contributed by atoms with Gasteiger partial charge in [0.05, 0.1) is 30.4 Å². The molecule has 7 heteroatoms. The SMILES string of the molecule is CCCCCCSc1nc2sc3c(c2c(=O)n1-c1ccc(OC)cc1)CC(C)(C)OC3. The van der Waals surface area contributed by atoms with Gasteiger partial charge in [-0.3, -0.25) is 9.36 Å². The van der Waals surface area contributed by atoms with E-state index in [4.69, 9.17) is 14.5 Å². The van der Waals surface area contributed by atoms with Crippen LogP contribution in [0.4, 0.5) is 0 Å². The van der Waals surface area contributed by atoms with Crippen LogP contribution in [0.5, 0.6) is 5.75 Å². The number of nitrogens with zero attached hydrogens (tertiary/aromatic N) is 2. The molecule has 1 aliphatic rings. The van der Waals surface area contributed by atoms with Crippen LogP contribution in [0.15, 0.2) is 34.2 Å². The zero-order valence-electron chi connectivity index (χ0n) is 18.7. The second-order valence-corrected chi connectivity index (χ2v) is 10.7. The zero-order chi connectivity index (χ0) is 22.0. The second-order valence-electron chi connectivity index (χ2n) is 8.55. The predicted molar refractivity (Wildman–Crippen MR) is 129 cm³/mol. The fourth-order valence-corrected chi connectivity index (χ4v) is 6.08. The third kappa shape index (κ3) is 4.69. The van der Waals surface area contributed by atoms with E-state index in [2.05, 4.69) is 20.8 Å². The molecule has 0 bridgehead atoms. The van der Waals surface area contributed by atoms with Gasteiger partial charge in [0.25, 0.3) is 5.56 Å². The summed E-state index contributed by atoms with van der Waals surface area (Å²) in [6.07, 6.45) is 5.51. The average Bonchev–Trinajstić information content (AvgIpc) is 3.10. The molecule has 0 radical (unpaired) electrons. The summed E-state index contributed by atoms with van der Waals surface area (Å²) in [4.78, 5) is 20.8. The highest BCUT2D eigenvalue weighted by Gasteiger charge is 2.31. The van der Waals surface area contributed by atoms with E-state index in [1.165, 1.54) is 19.3 Å². The first-order valence-corrected chi connectivity index (χ1v) is 12.7. The van der Waals surface area contributed by atoms with Gasteiger partial charge in [0.2, 0.25) is 0 Å². The Morgan fingerprint density at radius 1 is 1.23 bits per heavy atom. The number of unbranched alkanes of at least 4 members (excludes halogenated alkanes) is 3. The number of thioether (sulfide) groups is 1. The molecule has 0 amide bonds.